The molecule has 13 heavy (non-hydrogen) atoms. The Kier molecular flexibility index (Phi) is 2.56. The zero-order valence-electron chi connectivity index (χ0n) is 8.16. The molecule has 0 spiro atoms. The number of carbonyl (C=O) groups is 1. The largest absolute Gasteiger partial charge is 0.399 e. The maximum absolute atomic E-state index is 11.6. The molecule has 0 atom stereocenters. The van der Waals surface area contributed by atoms with E-state index in [4.69, 9.17) is 5.73 Å². The summed E-state index contributed by atoms with van der Waals surface area (Å²) >= 11 is 0. The minimum absolute atomic E-state index is 0.0116. The first-order valence-electron chi connectivity index (χ1n) is 4.10. The summed E-state index contributed by atoms with van der Waals surface area (Å²) in [6.45, 7) is 1.88. The third-order valence-corrected chi connectivity index (χ3v) is 1.89. The second kappa shape index (κ2) is 3.47. The second-order valence-corrected chi connectivity index (χ2v) is 3.27. The molecule has 0 aliphatic carbocycles. The Morgan fingerprint density at radius 3 is 2.46 bits per heavy atom. The lowest BCUT2D eigenvalue weighted by molar-refractivity contribution is 0.0827. The van der Waals surface area contributed by atoms with Gasteiger partial charge in [0.2, 0.25) is 0 Å². The first kappa shape index (κ1) is 9.58. The average Bonchev–Trinajstić information content (AvgIpc) is 2.03. The van der Waals surface area contributed by atoms with Gasteiger partial charge in [-0.1, -0.05) is 0 Å². The molecular formula is C10H14N2O. The zero-order chi connectivity index (χ0) is 10.0. The van der Waals surface area contributed by atoms with E-state index in [2.05, 4.69) is 0 Å². The van der Waals surface area contributed by atoms with Gasteiger partial charge in [0, 0.05) is 25.3 Å². The number of benzene rings is 1. The maximum atomic E-state index is 11.6. The third kappa shape index (κ3) is 1.99. The number of nitrogen functional groups attached to an aromatic ring is 1. The van der Waals surface area contributed by atoms with Crippen LogP contribution in [-0.4, -0.2) is 24.9 Å². The van der Waals surface area contributed by atoms with Gasteiger partial charge in [-0.05, 0) is 30.7 Å². The number of hydrogen-bond donors (Lipinski definition) is 1. The number of carbonyl (C=O) groups excluding carboxylic acids is 1. The molecule has 0 fully saturated rings. The van der Waals surface area contributed by atoms with Gasteiger partial charge in [-0.25, -0.2) is 0 Å². The van der Waals surface area contributed by atoms with Crippen LogP contribution in [0.2, 0.25) is 0 Å². The van der Waals surface area contributed by atoms with Gasteiger partial charge in [-0.3, -0.25) is 4.79 Å². The standard InChI is InChI=1S/C10H14N2O/c1-7-6-8(11)4-5-9(7)10(13)12(2)3/h4-6H,11H2,1-3H3. The molecule has 0 unspecified atom stereocenters. The summed E-state index contributed by atoms with van der Waals surface area (Å²) in [5.41, 5.74) is 7.89. The molecule has 0 aliphatic heterocycles. The van der Waals surface area contributed by atoms with Crippen molar-refractivity contribution in [2.75, 3.05) is 19.8 Å². The number of nitrogens with two attached hydrogens (primary N) is 1. The van der Waals surface area contributed by atoms with Crippen molar-refractivity contribution in [2.45, 2.75) is 6.92 Å². The van der Waals surface area contributed by atoms with Crippen LogP contribution in [0.15, 0.2) is 18.2 Å². The molecule has 1 aromatic carbocycles. The zero-order valence-corrected chi connectivity index (χ0v) is 8.16. The summed E-state index contributed by atoms with van der Waals surface area (Å²) in [5.74, 6) is 0.0116. The van der Waals surface area contributed by atoms with Gasteiger partial charge in [0.15, 0.2) is 0 Å². The molecule has 1 aromatic rings. The molecule has 0 radical (unpaired) electrons. The SMILES string of the molecule is Cc1cc(N)ccc1C(=O)N(C)C. The highest BCUT2D eigenvalue weighted by atomic mass is 16.2. The number of anilines is 1. The van der Waals surface area contributed by atoms with E-state index in [1.165, 1.54) is 0 Å². The summed E-state index contributed by atoms with van der Waals surface area (Å²) in [7, 11) is 3.47. The van der Waals surface area contributed by atoms with Gasteiger partial charge in [0.1, 0.15) is 0 Å². The average molecular weight is 178 g/mol. The van der Waals surface area contributed by atoms with Crippen LogP contribution in [0.25, 0.3) is 0 Å². The number of aryl methyl sites for hydroxylation is 1. The highest BCUT2D eigenvalue weighted by Crippen LogP contribution is 2.13. The molecule has 0 aliphatic rings. The molecule has 1 rings (SSSR count). The summed E-state index contributed by atoms with van der Waals surface area (Å²) in [6.07, 6.45) is 0. The van der Waals surface area contributed by atoms with Gasteiger partial charge in [0.25, 0.3) is 5.91 Å². The number of nitrogens with zero attached hydrogens (tertiary/aromatic N) is 1. The Hall–Kier alpha value is -1.51. The molecule has 2 N–H and O–H groups in total. The summed E-state index contributed by atoms with van der Waals surface area (Å²) < 4.78 is 0. The minimum atomic E-state index is 0.0116. The van der Waals surface area contributed by atoms with Crippen molar-refractivity contribution in [3.05, 3.63) is 29.3 Å². The monoisotopic (exact) mass is 178 g/mol. The highest BCUT2D eigenvalue weighted by Gasteiger charge is 2.10. The van der Waals surface area contributed by atoms with Crippen LogP contribution in [-0.2, 0) is 0 Å². The normalized spacial score (nSPS) is 9.77. The van der Waals surface area contributed by atoms with Crippen molar-refractivity contribution in [3.63, 3.8) is 0 Å². The van der Waals surface area contributed by atoms with E-state index in [-0.39, 0.29) is 5.91 Å². The molecule has 0 heterocycles. The Bertz CT molecular complexity index is 332. The van der Waals surface area contributed by atoms with Gasteiger partial charge < -0.3 is 10.6 Å². The molecule has 0 saturated carbocycles. The second-order valence-electron chi connectivity index (χ2n) is 3.27. The molecule has 0 aromatic heterocycles. The van der Waals surface area contributed by atoms with Crippen LogP contribution in [0.3, 0.4) is 0 Å². The molecule has 70 valence electrons. The van der Waals surface area contributed by atoms with Crippen molar-refractivity contribution < 1.29 is 4.79 Å². The molecule has 3 heteroatoms. The van der Waals surface area contributed by atoms with E-state index in [9.17, 15) is 4.79 Å². The van der Waals surface area contributed by atoms with Crippen LogP contribution in [0.5, 0.6) is 0 Å². The van der Waals surface area contributed by atoms with E-state index >= 15 is 0 Å². The quantitative estimate of drug-likeness (QED) is 0.658. The third-order valence-electron chi connectivity index (χ3n) is 1.89. The Labute approximate surface area is 78.2 Å². The Balaban J connectivity index is 3.09. The number of hydrogen-bond acceptors (Lipinski definition) is 2. The lowest BCUT2D eigenvalue weighted by Gasteiger charge is -2.12. The van der Waals surface area contributed by atoms with E-state index in [0.717, 1.165) is 5.56 Å². The summed E-state index contributed by atoms with van der Waals surface area (Å²) in [4.78, 5) is 13.1. The fourth-order valence-corrected chi connectivity index (χ4v) is 1.17. The Morgan fingerprint density at radius 2 is 2.00 bits per heavy atom. The maximum Gasteiger partial charge on any atom is 0.253 e. The van der Waals surface area contributed by atoms with Crippen LogP contribution >= 0.6 is 0 Å². The van der Waals surface area contributed by atoms with Gasteiger partial charge in [-0.2, -0.15) is 0 Å². The van der Waals surface area contributed by atoms with E-state index < -0.39 is 0 Å². The summed E-state index contributed by atoms with van der Waals surface area (Å²) in [6, 6.07) is 5.30. The highest BCUT2D eigenvalue weighted by molar-refractivity contribution is 5.95. The predicted molar refractivity (Wildman–Crippen MR) is 53.6 cm³/mol. The van der Waals surface area contributed by atoms with Crippen LogP contribution in [0.1, 0.15) is 15.9 Å². The lowest BCUT2D eigenvalue weighted by atomic mass is 10.1. The first-order chi connectivity index (χ1) is 6.02. The fourth-order valence-electron chi connectivity index (χ4n) is 1.17. The van der Waals surface area contributed by atoms with E-state index in [1.807, 2.05) is 6.92 Å². The van der Waals surface area contributed by atoms with E-state index in [0.29, 0.717) is 11.3 Å². The topological polar surface area (TPSA) is 46.3 Å². The lowest BCUT2D eigenvalue weighted by Crippen LogP contribution is -2.22. The van der Waals surface area contributed by atoms with Crippen LogP contribution in [0.4, 0.5) is 5.69 Å². The molecular weight excluding hydrogens is 164 g/mol. The molecule has 3 nitrogen and oxygen atoms in total. The van der Waals surface area contributed by atoms with Crippen molar-refractivity contribution in [3.8, 4) is 0 Å². The van der Waals surface area contributed by atoms with Crippen molar-refractivity contribution >= 4 is 11.6 Å². The molecule has 1 amide bonds. The molecule has 0 bridgehead atoms. The predicted octanol–water partition coefficient (Wildman–Crippen LogP) is 1.28. The van der Waals surface area contributed by atoms with Gasteiger partial charge in [0.05, 0.1) is 0 Å². The molecule has 0 saturated heterocycles. The number of amides is 1. The van der Waals surface area contributed by atoms with Crippen LogP contribution < -0.4 is 5.73 Å². The van der Waals surface area contributed by atoms with E-state index in [1.54, 1.807) is 37.2 Å². The smallest absolute Gasteiger partial charge is 0.253 e. The first-order valence-corrected chi connectivity index (χ1v) is 4.10. The summed E-state index contributed by atoms with van der Waals surface area (Å²) in [5, 5.41) is 0. The van der Waals surface area contributed by atoms with Crippen molar-refractivity contribution in [2.24, 2.45) is 0 Å². The van der Waals surface area contributed by atoms with Crippen LogP contribution in [0, 0.1) is 6.92 Å². The van der Waals surface area contributed by atoms with Gasteiger partial charge >= 0.3 is 0 Å². The fraction of sp³-hybridized carbons (Fsp3) is 0.300. The van der Waals surface area contributed by atoms with Crippen molar-refractivity contribution in [1.82, 2.24) is 4.90 Å². The van der Waals surface area contributed by atoms with Crippen molar-refractivity contribution in [1.29, 1.82) is 0 Å². The number of rotatable bonds is 1. The Morgan fingerprint density at radius 1 is 1.38 bits per heavy atom. The van der Waals surface area contributed by atoms with Gasteiger partial charge in [-0.15, -0.1) is 0 Å². The minimum Gasteiger partial charge on any atom is -0.399 e.